The Balaban J connectivity index is 2.74. The van der Waals surface area contributed by atoms with E-state index in [1.54, 1.807) is 0 Å². The Morgan fingerprint density at radius 2 is 2.29 bits per heavy atom. The van der Waals surface area contributed by atoms with Crippen LogP contribution in [0.25, 0.3) is 11.0 Å². The average Bonchev–Trinajstić information content (AvgIpc) is 2.54. The first kappa shape index (κ1) is 9.68. The number of rotatable bonds is 2. The molecule has 2 rings (SSSR count). The maximum absolute atomic E-state index is 5.63. The van der Waals surface area contributed by atoms with Crippen LogP contribution in [-0.2, 0) is 13.1 Å². The molecule has 2 aromatic rings. The fourth-order valence-corrected chi connectivity index (χ4v) is 2.00. The fourth-order valence-electron chi connectivity index (χ4n) is 1.65. The first-order valence-electron chi connectivity index (χ1n) is 4.61. The normalized spacial score (nSPS) is 11.1. The maximum Gasteiger partial charge on any atom is 0.123 e. The Labute approximate surface area is 91.1 Å². The van der Waals surface area contributed by atoms with Crippen molar-refractivity contribution in [2.75, 3.05) is 0 Å². The summed E-state index contributed by atoms with van der Waals surface area (Å²) in [5.41, 5.74) is 7.78. The van der Waals surface area contributed by atoms with Crippen LogP contribution in [0.3, 0.4) is 0 Å². The topological polar surface area (TPSA) is 43.8 Å². The van der Waals surface area contributed by atoms with Crippen molar-refractivity contribution in [3.63, 3.8) is 0 Å². The van der Waals surface area contributed by atoms with Gasteiger partial charge in [0.25, 0.3) is 0 Å². The standard InChI is InChI=1S/C10H12BrN3/c1-2-14-9-5-7(11)3-4-8(9)13-10(14)6-12/h3-5H,2,6,12H2,1H3. The highest BCUT2D eigenvalue weighted by molar-refractivity contribution is 9.10. The molecule has 0 aliphatic carbocycles. The van der Waals surface area contributed by atoms with Gasteiger partial charge >= 0.3 is 0 Å². The van der Waals surface area contributed by atoms with E-state index in [1.165, 1.54) is 0 Å². The summed E-state index contributed by atoms with van der Waals surface area (Å²) < 4.78 is 3.21. The Morgan fingerprint density at radius 1 is 1.50 bits per heavy atom. The van der Waals surface area contributed by atoms with Crippen molar-refractivity contribution in [1.29, 1.82) is 0 Å². The van der Waals surface area contributed by atoms with Gasteiger partial charge in [0.05, 0.1) is 17.6 Å². The summed E-state index contributed by atoms with van der Waals surface area (Å²) in [5.74, 6) is 0.945. The second-order valence-electron chi connectivity index (χ2n) is 3.11. The molecule has 0 fully saturated rings. The van der Waals surface area contributed by atoms with Crippen LogP contribution in [0.15, 0.2) is 22.7 Å². The van der Waals surface area contributed by atoms with Crippen molar-refractivity contribution in [1.82, 2.24) is 9.55 Å². The van der Waals surface area contributed by atoms with Crippen LogP contribution in [0.2, 0.25) is 0 Å². The van der Waals surface area contributed by atoms with E-state index in [-0.39, 0.29) is 0 Å². The molecule has 0 aliphatic heterocycles. The minimum atomic E-state index is 0.486. The van der Waals surface area contributed by atoms with Gasteiger partial charge in [-0.15, -0.1) is 0 Å². The van der Waals surface area contributed by atoms with Crippen LogP contribution < -0.4 is 5.73 Å². The van der Waals surface area contributed by atoms with E-state index in [0.29, 0.717) is 6.54 Å². The highest BCUT2D eigenvalue weighted by Gasteiger charge is 2.07. The second kappa shape index (κ2) is 3.71. The Hall–Kier alpha value is -0.870. The third-order valence-electron chi connectivity index (χ3n) is 2.29. The SMILES string of the molecule is CCn1c(CN)nc2ccc(Br)cc21. The lowest BCUT2D eigenvalue weighted by atomic mass is 10.3. The number of nitrogens with two attached hydrogens (primary N) is 1. The van der Waals surface area contributed by atoms with Crippen molar-refractivity contribution in [3.8, 4) is 0 Å². The Kier molecular flexibility index (Phi) is 2.56. The van der Waals surface area contributed by atoms with Gasteiger partial charge in [-0.25, -0.2) is 4.98 Å². The third-order valence-corrected chi connectivity index (χ3v) is 2.78. The van der Waals surface area contributed by atoms with Gasteiger partial charge in [-0.3, -0.25) is 0 Å². The Bertz CT molecular complexity index is 462. The Morgan fingerprint density at radius 3 is 2.93 bits per heavy atom. The lowest BCUT2D eigenvalue weighted by Crippen LogP contribution is -2.06. The van der Waals surface area contributed by atoms with E-state index in [0.717, 1.165) is 27.9 Å². The number of imidazole rings is 1. The first-order chi connectivity index (χ1) is 6.76. The molecule has 0 spiro atoms. The lowest BCUT2D eigenvalue weighted by Gasteiger charge is -2.03. The largest absolute Gasteiger partial charge is 0.327 e. The van der Waals surface area contributed by atoms with Crippen LogP contribution in [0.5, 0.6) is 0 Å². The quantitative estimate of drug-likeness (QED) is 0.893. The zero-order valence-electron chi connectivity index (χ0n) is 8.00. The molecule has 0 unspecified atom stereocenters. The molecule has 3 nitrogen and oxygen atoms in total. The third kappa shape index (κ3) is 1.44. The fraction of sp³-hybridized carbons (Fsp3) is 0.300. The van der Waals surface area contributed by atoms with Crippen LogP contribution >= 0.6 is 15.9 Å². The smallest absolute Gasteiger partial charge is 0.123 e. The number of aromatic nitrogens is 2. The number of hydrogen-bond acceptors (Lipinski definition) is 2. The van der Waals surface area contributed by atoms with Gasteiger partial charge in [0, 0.05) is 11.0 Å². The van der Waals surface area contributed by atoms with Gasteiger partial charge in [-0.05, 0) is 25.1 Å². The van der Waals surface area contributed by atoms with Gasteiger partial charge in [-0.1, -0.05) is 15.9 Å². The minimum Gasteiger partial charge on any atom is -0.327 e. The molecule has 0 atom stereocenters. The van der Waals surface area contributed by atoms with Gasteiger partial charge in [0.15, 0.2) is 0 Å². The molecule has 1 aromatic carbocycles. The van der Waals surface area contributed by atoms with E-state index in [4.69, 9.17) is 5.73 Å². The molecule has 0 saturated heterocycles. The van der Waals surface area contributed by atoms with Gasteiger partial charge in [0.1, 0.15) is 5.82 Å². The molecular formula is C10H12BrN3. The van der Waals surface area contributed by atoms with Crippen molar-refractivity contribution in [2.24, 2.45) is 5.73 Å². The van der Waals surface area contributed by atoms with Crippen molar-refractivity contribution < 1.29 is 0 Å². The second-order valence-corrected chi connectivity index (χ2v) is 4.03. The number of nitrogens with zero attached hydrogens (tertiary/aromatic N) is 2. The molecular weight excluding hydrogens is 242 g/mol. The molecule has 0 radical (unpaired) electrons. The highest BCUT2D eigenvalue weighted by Crippen LogP contribution is 2.20. The molecule has 1 heterocycles. The molecule has 0 aliphatic rings. The molecule has 1 aromatic heterocycles. The van der Waals surface area contributed by atoms with E-state index < -0.39 is 0 Å². The van der Waals surface area contributed by atoms with E-state index in [9.17, 15) is 0 Å². The number of fused-ring (bicyclic) bond motifs is 1. The molecule has 0 amide bonds. The molecule has 2 N–H and O–H groups in total. The summed E-state index contributed by atoms with van der Waals surface area (Å²) in [4.78, 5) is 4.46. The van der Waals surface area contributed by atoms with Crippen LogP contribution in [0.4, 0.5) is 0 Å². The van der Waals surface area contributed by atoms with Gasteiger partial charge in [-0.2, -0.15) is 0 Å². The van der Waals surface area contributed by atoms with Crippen molar-refractivity contribution in [3.05, 3.63) is 28.5 Å². The van der Waals surface area contributed by atoms with Gasteiger partial charge in [0.2, 0.25) is 0 Å². The number of benzene rings is 1. The van der Waals surface area contributed by atoms with E-state index in [1.807, 2.05) is 12.1 Å². The molecule has 74 valence electrons. The van der Waals surface area contributed by atoms with Crippen molar-refractivity contribution >= 4 is 27.0 Å². The minimum absolute atomic E-state index is 0.486. The maximum atomic E-state index is 5.63. The monoisotopic (exact) mass is 253 g/mol. The van der Waals surface area contributed by atoms with E-state index in [2.05, 4.69) is 38.5 Å². The highest BCUT2D eigenvalue weighted by atomic mass is 79.9. The van der Waals surface area contributed by atoms with E-state index >= 15 is 0 Å². The number of aryl methyl sites for hydroxylation is 1. The molecule has 4 heteroatoms. The van der Waals surface area contributed by atoms with Crippen molar-refractivity contribution in [2.45, 2.75) is 20.0 Å². The predicted octanol–water partition coefficient (Wildman–Crippen LogP) is 2.28. The van der Waals surface area contributed by atoms with Crippen LogP contribution in [0, 0.1) is 0 Å². The summed E-state index contributed by atoms with van der Waals surface area (Å²) in [6, 6.07) is 6.07. The first-order valence-corrected chi connectivity index (χ1v) is 5.40. The lowest BCUT2D eigenvalue weighted by molar-refractivity contribution is 0.718. The van der Waals surface area contributed by atoms with Crippen LogP contribution in [-0.4, -0.2) is 9.55 Å². The average molecular weight is 254 g/mol. The predicted molar refractivity (Wildman–Crippen MR) is 61.0 cm³/mol. The number of hydrogen-bond donors (Lipinski definition) is 1. The number of halogens is 1. The summed E-state index contributed by atoms with van der Waals surface area (Å²) in [6.45, 7) is 3.49. The van der Waals surface area contributed by atoms with Gasteiger partial charge < -0.3 is 10.3 Å². The summed E-state index contributed by atoms with van der Waals surface area (Å²) in [7, 11) is 0. The summed E-state index contributed by atoms with van der Waals surface area (Å²) >= 11 is 3.45. The van der Waals surface area contributed by atoms with Crippen LogP contribution in [0.1, 0.15) is 12.7 Å². The molecule has 0 bridgehead atoms. The summed E-state index contributed by atoms with van der Waals surface area (Å²) in [5, 5.41) is 0. The molecule has 14 heavy (non-hydrogen) atoms. The zero-order valence-corrected chi connectivity index (χ0v) is 9.58. The molecule has 0 saturated carbocycles. The summed E-state index contributed by atoms with van der Waals surface area (Å²) in [6.07, 6.45) is 0. The zero-order chi connectivity index (χ0) is 10.1.